The van der Waals surface area contributed by atoms with Crippen LogP contribution >= 0.6 is 0 Å². The molecule has 2 aromatic carbocycles. The number of hydrogen-bond donors (Lipinski definition) is 3. The smallest absolute Gasteiger partial charge is 0.410 e. The third-order valence-electron chi connectivity index (χ3n) is 14.9. The predicted molar refractivity (Wildman–Crippen MR) is 320 cm³/mol. The first-order chi connectivity index (χ1) is 39.5. The van der Waals surface area contributed by atoms with Crippen LogP contribution in [-0.4, -0.2) is 126 Å². The Morgan fingerprint density at radius 3 is 1.41 bits per heavy atom. The van der Waals surface area contributed by atoms with E-state index in [4.69, 9.17) is 33.5 Å². The molecule has 2 fully saturated rings. The first kappa shape index (κ1) is 64.6. The average molecular weight is 1150 g/mol. The van der Waals surface area contributed by atoms with E-state index in [0.29, 0.717) is 49.1 Å². The number of aliphatic carboxylic acids is 1. The number of carboxylic acid groups (broad SMARTS) is 1. The zero-order valence-electron chi connectivity index (χ0n) is 50.4. The molecule has 3 amide bonds. The molecule has 6 aromatic rings. The van der Waals surface area contributed by atoms with Crippen molar-refractivity contribution >= 4 is 57.8 Å². The van der Waals surface area contributed by atoms with Gasteiger partial charge in [0.25, 0.3) is 0 Å². The van der Waals surface area contributed by atoms with E-state index in [0.717, 1.165) is 101 Å². The summed E-state index contributed by atoms with van der Waals surface area (Å²) < 4.78 is 35.0. The molecule has 0 saturated heterocycles. The van der Waals surface area contributed by atoms with Crippen LogP contribution in [0, 0.1) is 0 Å². The molecule has 19 nitrogen and oxygen atoms in total. The van der Waals surface area contributed by atoms with Crippen LogP contribution in [0.3, 0.4) is 0 Å². The lowest BCUT2D eigenvalue weighted by atomic mass is 9.82. The maximum atomic E-state index is 13.3. The molecule has 4 heterocycles. The molecule has 2 saturated carbocycles. The van der Waals surface area contributed by atoms with Crippen LogP contribution in [0.4, 0.5) is 9.59 Å². The molecule has 19 heteroatoms. The van der Waals surface area contributed by atoms with E-state index in [-0.39, 0.29) is 31.2 Å². The number of methoxy groups -OCH3 is 2. The number of esters is 2. The molecule has 83 heavy (non-hydrogen) atoms. The van der Waals surface area contributed by atoms with Crippen molar-refractivity contribution in [1.29, 1.82) is 0 Å². The molecule has 452 valence electrons. The number of hydrogen-bond acceptors (Lipinski definition) is 13. The van der Waals surface area contributed by atoms with Crippen LogP contribution in [0.1, 0.15) is 175 Å². The normalized spacial score (nSPS) is 14.0. The molecule has 0 bridgehead atoms. The number of benzene rings is 2. The number of carbonyl (C=O) groups excluding carboxylic acids is 5. The minimum absolute atomic E-state index is 0.103. The number of carbonyl (C=O) groups is 6. The Balaban J connectivity index is 0.000000226. The predicted octanol–water partition coefficient (Wildman–Crippen LogP) is 12.9. The molecule has 2 aliphatic rings. The number of aromatic nitrogens is 2. The zero-order chi connectivity index (χ0) is 60.4. The van der Waals surface area contributed by atoms with Crippen molar-refractivity contribution in [2.24, 2.45) is 5.73 Å². The number of nitrogens with one attached hydrogen (secondary N) is 1. The summed E-state index contributed by atoms with van der Waals surface area (Å²) in [5.74, 6) is -1.17. The number of carboxylic acids is 1. The first-order valence-corrected chi connectivity index (χ1v) is 29.2. The molecule has 0 atom stereocenters. The second-order valence-electron chi connectivity index (χ2n) is 23.6. The van der Waals surface area contributed by atoms with Gasteiger partial charge in [-0.15, -0.1) is 0 Å². The van der Waals surface area contributed by atoms with E-state index in [1.54, 1.807) is 71.7 Å². The summed E-state index contributed by atoms with van der Waals surface area (Å²) in [6.07, 6.45) is 20.8. The monoisotopic (exact) mass is 1150 g/mol. The molecule has 0 radical (unpaired) electrons. The van der Waals surface area contributed by atoms with Crippen molar-refractivity contribution in [3.8, 4) is 22.5 Å². The largest absolute Gasteiger partial charge is 0.480 e. The van der Waals surface area contributed by atoms with Gasteiger partial charge in [0.15, 0.2) is 0 Å². The summed E-state index contributed by atoms with van der Waals surface area (Å²) in [7, 11) is 6.17. The molecule has 4 N–H and O–H groups in total. The fourth-order valence-electron chi connectivity index (χ4n) is 11.0. The van der Waals surface area contributed by atoms with Gasteiger partial charge in [0.2, 0.25) is 5.91 Å². The van der Waals surface area contributed by atoms with E-state index in [9.17, 15) is 33.9 Å². The lowest BCUT2D eigenvalue weighted by Gasteiger charge is -2.24. The quantitative estimate of drug-likeness (QED) is 0.0388. The summed E-state index contributed by atoms with van der Waals surface area (Å²) >= 11 is 0. The molecule has 0 spiro atoms. The van der Waals surface area contributed by atoms with Crippen LogP contribution in [0.2, 0.25) is 0 Å². The third-order valence-corrected chi connectivity index (χ3v) is 14.9. The molecule has 2 aliphatic carbocycles. The number of ether oxygens (including phenoxy) is 4. The summed E-state index contributed by atoms with van der Waals surface area (Å²) in [4.78, 5) is 76.1. The zero-order valence-corrected chi connectivity index (χ0v) is 50.4. The standard InChI is InChI=1S/C32H43N3O6.C22H23NO5.C10H22N2O2/c1-32(2,3)41-31(38)34(4)17-10-9-16-33-27(36)20-35-26-19-23(30(37)39-5)13-14-25(26)28(22-11-7-6-8-12-22)29(35)24-15-18-40-21-24;1-27-22(26)15-7-8-17-18(11-15)23(12-19(24)25)21(16-9-10-28-13-16)20(17)14-5-3-2-4-6-14;1-10(2,3)14-9(13)12(4)8-6-5-7-11/h13-15,18-19,21-22H,6-12,16-17,20H2,1-5H3,(H,33,36);7-11,13-14H,2-6,12H2,1H3,(H,24,25);5-8,11H2,1-4H3. The van der Waals surface area contributed by atoms with Crippen molar-refractivity contribution in [3.63, 3.8) is 0 Å². The molecule has 8 rings (SSSR count). The van der Waals surface area contributed by atoms with Crippen molar-refractivity contribution in [3.05, 3.63) is 95.8 Å². The molecule has 0 aliphatic heterocycles. The van der Waals surface area contributed by atoms with Gasteiger partial charge in [-0.25, -0.2) is 19.2 Å². The van der Waals surface area contributed by atoms with Crippen LogP contribution in [0.25, 0.3) is 44.3 Å². The van der Waals surface area contributed by atoms with Crippen molar-refractivity contribution in [2.45, 2.75) is 168 Å². The van der Waals surface area contributed by atoms with Crippen molar-refractivity contribution in [1.82, 2.24) is 24.3 Å². The van der Waals surface area contributed by atoms with Gasteiger partial charge < -0.3 is 62.9 Å². The van der Waals surface area contributed by atoms with E-state index in [1.165, 1.54) is 58.3 Å². The minimum Gasteiger partial charge on any atom is -0.480 e. The van der Waals surface area contributed by atoms with Crippen molar-refractivity contribution in [2.75, 3.05) is 54.5 Å². The van der Waals surface area contributed by atoms with Gasteiger partial charge in [0, 0.05) is 55.6 Å². The van der Waals surface area contributed by atoms with Crippen LogP contribution in [-0.2, 0) is 41.6 Å². The highest BCUT2D eigenvalue weighted by atomic mass is 16.6. The highest BCUT2D eigenvalue weighted by Crippen LogP contribution is 2.46. The number of nitrogens with two attached hydrogens (primary N) is 1. The number of furan rings is 2. The van der Waals surface area contributed by atoms with E-state index in [1.807, 2.05) is 76.4 Å². The van der Waals surface area contributed by atoms with Crippen LogP contribution in [0.5, 0.6) is 0 Å². The topological polar surface area (TPSA) is 240 Å². The van der Waals surface area contributed by atoms with Gasteiger partial charge in [-0.3, -0.25) is 9.59 Å². The van der Waals surface area contributed by atoms with Crippen LogP contribution < -0.4 is 11.1 Å². The Morgan fingerprint density at radius 1 is 0.614 bits per heavy atom. The minimum atomic E-state index is -0.930. The van der Waals surface area contributed by atoms with Gasteiger partial charge in [-0.05, 0) is 159 Å². The van der Waals surface area contributed by atoms with Gasteiger partial charge in [-0.2, -0.15) is 0 Å². The second kappa shape index (κ2) is 30.1. The number of rotatable bonds is 19. The summed E-state index contributed by atoms with van der Waals surface area (Å²) in [5, 5.41) is 14.6. The third kappa shape index (κ3) is 18.0. The Bertz CT molecular complexity index is 3090. The maximum Gasteiger partial charge on any atom is 0.410 e. The fourth-order valence-corrected chi connectivity index (χ4v) is 11.0. The lowest BCUT2D eigenvalue weighted by Crippen LogP contribution is -2.35. The number of fused-ring (bicyclic) bond motifs is 2. The van der Waals surface area contributed by atoms with Crippen molar-refractivity contribution < 1.29 is 61.7 Å². The van der Waals surface area contributed by atoms with Gasteiger partial charge >= 0.3 is 30.1 Å². The van der Waals surface area contributed by atoms with Crippen LogP contribution in [0.15, 0.2) is 82.4 Å². The van der Waals surface area contributed by atoms with E-state index >= 15 is 0 Å². The summed E-state index contributed by atoms with van der Waals surface area (Å²) in [6, 6.07) is 14.8. The summed E-state index contributed by atoms with van der Waals surface area (Å²) in [5.41, 5.74) is 12.8. The van der Waals surface area contributed by atoms with Gasteiger partial charge in [0.1, 0.15) is 24.3 Å². The number of nitrogens with zero attached hydrogens (tertiary/aromatic N) is 4. The maximum absolute atomic E-state index is 13.3. The molecule has 4 aromatic heterocycles. The lowest BCUT2D eigenvalue weighted by molar-refractivity contribution is -0.137. The second-order valence-corrected chi connectivity index (χ2v) is 23.6. The Labute approximate surface area is 488 Å². The van der Waals surface area contributed by atoms with E-state index in [2.05, 4.69) is 5.32 Å². The number of unbranched alkanes of at least 4 members (excludes halogenated alkanes) is 2. The highest BCUT2D eigenvalue weighted by molar-refractivity contribution is 6.00. The summed E-state index contributed by atoms with van der Waals surface area (Å²) in [6.45, 7) is 13.4. The molecular weight excluding hydrogens is 1060 g/mol. The Morgan fingerprint density at radius 2 is 1.04 bits per heavy atom. The fraction of sp³-hybridized carbons (Fsp3) is 0.531. The SMILES string of the molecule is CN(CCCCN)C(=O)OC(C)(C)C.COC(=O)c1ccc2c(C3CCCCC3)c(-c3ccoc3)n(CC(=O)NCCCCN(C)C(=O)OC(C)(C)C)c2c1.COC(=O)c1ccc2c(C3CCCCC3)c(-c3ccoc3)n(CC(=O)O)c2c1. The van der Waals surface area contributed by atoms with Gasteiger partial charge in [0.05, 0.1) is 72.8 Å². The first-order valence-electron chi connectivity index (χ1n) is 29.2. The molecule has 0 unspecified atom stereocenters. The van der Waals surface area contributed by atoms with E-state index < -0.39 is 29.1 Å². The molecular formula is C64H88N6O13. The average Bonchev–Trinajstić information content (AvgIpc) is 2.10. The Hall–Kier alpha value is -7.54. The highest BCUT2D eigenvalue weighted by Gasteiger charge is 2.31. The van der Waals surface area contributed by atoms with Gasteiger partial charge in [-0.1, -0.05) is 50.7 Å². The Kier molecular flexibility index (Phi) is 23.5. The number of amides is 3.